The summed E-state index contributed by atoms with van der Waals surface area (Å²) in [5, 5.41) is 9.37. The van der Waals surface area contributed by atoms with Crippen molar-refractivity contribution >= 4 is 11.9 Å². The van der Waals surface area contributed by atoms with Crippen molar-refractivity contribution in [2.75, 3.05) is 60.0 Å². The highest BCUT2D eigenvalue weighted by Gasteiger charge is 2.28. The number of methoxy groups -OCH3 is 1. The predicted molar refractivity (Wildman–Crippen MR) is 89.1 cm³/mol. The molecule has 0 heterocycles. The summed E-state index contributed by atoms with van der Waals surface area (Å²) in [4.78, 5) is 18.2. The maximum Gasteiger partial charge on any atom is 0.223 e. The Kier molecular flexibility index (Phi) is 9.57. The molecule has 3 N–H and O–H groups in total. The highest BCUT2D eigenvalue weighted by Crippen LogP contribution is 2.28. The van der Waals surface area contributed by atoms with Crippen molar-refractivity contribution in [2.45, 2.75) is 19.8 Å². The molecule has 1 rings (SSSR count). The van der Waals surface area contributed by atoms with Crippen LogP contribution in [0.4, 0.5) is 0 Å². The van der Waals surface area contributed by atoms with Crippen LogP contribution in [-0.2, 0) is 9.53 Å². The van der Waals surface area contributed by atoms with Gasteiger partial charge in [0.25, 0.3) is 0 Å². The molecule has 7 nitrogen and oxygen atoms in total. The first-order valence-electron chi connectivity index (χ1n) is 8.14. The molecular formula is C15H31N5O2. The van der Waals surface area contributed by atoms with Crippen molar-refractivity contribution in [3.05, 3.63) is 0 Å². The van der Waals surface area contributed by atoms with Crippen LogP contribution in [0, 0.1) is 5.92 Å². The van der Waals surface area contributed by atoms with Crippen LogP contribution < -0.4 is 16.0 Å². The minimum Gasteiger partial charge on any atom is -0.383 e. The van der Waals surface area contributed by atoms with Crippen LogP contribution >= 0.6 is 0 Å². The summed E-state index contributed by atoms with van der Waals surface area (Å²) in [7, 11) is 3.77. The molecule has 0 spiro atoms. The zero-order chi connectivity index (χ0) is 16.2. The van der Waals surface area contributed by atoms with E-state index >= 15 is 0 Å². The number of guanidine groups is 1. The number of nitrogens with one attached hydrogen (secondary N) is 3. The normalized spacial score (nSPS) is 15.0. The lowest BCUT2D eigenvalue weighted by molar-refractivity contribution is -0.122. The van der Waals surface area contributed by atoms with Gasteiger partial charge in [-0.05, 0) is 26.8 Å². The molecule has 7 heteroatoms. The molecular weight excluding hydrogens is 282 g/mol. The molecule has 0 unspecified atom stereocenters. The van der Waals surface area contributed by atoms with Gasteiger partial charge in [0.05, 0.1) is 13.2 Å². The van der Waals surface area contributed by atoms with Crippen LogP contribution in [-0.4, -0.2) is 76.8 Å². The number of carbonyl (C=O) groups is 1. The second-order valence-electron chi connectivity index (χ2n) is 5.55. The Bertz CT molecular complexity index is 345. The summed E-state index contributed by atoms with van der Waals surface area (Å²) < 4.78 is 5.05. The predicted octanol–water partition coefficient (Wildman–Crippen LogP) is -0.354. The van der Waals surface area contributed by atoms with Crippen LogP contribution in [0.5, 0.6) is 0 Å². The molecule has 0 aromatic heterocycles. The Hall–Kier alpha value is -1.34. The Balaban J connectivity index is 2.15. The van der Waals surface area contributed by atoms with E-state index in [2.05, 4.69) is 32.9 Å². The molecule has 1 aliphatic carbocycles. The van der Waals surface area contributed by atoms with E-state index in [0.717, 1.165) is 51.6 Å². The Morgan fingerprint density at radius 2 is 1.95 bits per heavy atom. The van der Waals surface area contributed by atoms with Crippen molar-refractivity contribution in [1.29, 1.82) is 0 Å². The first-order valence-corrected chi connectivity index (χ1v) is 8.14. The zero-order valence-electron chi connectivity index (χ0n) is 14.2. The fraction of sp³-hybridized carbons (Fsp3) is 0.867. The molecule has 1 amide bonds. The molecule has 1 saturated carbocycles. The van der Waals surface area contributed by atoms with E-state index < -0.39 is 0 Å². The standard InChI is InChI=1S/C15H31N5O2/c1-4-16-15(19-9-10-20(2)11-12-22-3)18-8-7-17-14(21)13-5-6-13/h13H,4-12H2,1-3H3,(H,17,21)(H2,16,18,19). The number of hydrogen-bond acceptors (Lipinski definition) is 4. The molecule has 0 atom stereocenters. The summed E-state index contributed by atoms with van der Waals surface area (Å²) in [6, 6.07) is 0. The van der Waals surface area contributed by atoms with Crippen molar-refractivity contribution in [2.24, 2.45) is 10.9 Å². The van der Waals surface area contributed by atoms with Gasteiger partial charge < -0.3 is 25.6 Å². The lowest BCUT2D eigenvalue weighted by Crippen LogP contribution is -2.42. The molecule has 128 valence electrons. The van der Waals surface area contributed by atoms with Crippen LogP contribution in [0.3, 0.4) is 0 Å². The van der Waals surface area contributed by atoms with E-state index in [1.807, 2.05) is 6.92 Å². The highest BCUT2D eigenvalue weighted by atomic mass is 16.5. The number of ether oxygens (including phenoxy) is 1. The summed E-state index contributed by atoms with van der Waals surface area (Å²) in [6.07, 6.45) is 2.08. The Labute approximate surface area is 133 Å². The maximum absolute atomic E-state index is 11.5. The summed E-state index contributed by atoms with van der Waals surface area (Å²) >= 11 is 0. The van der Waals surface area contributed by atoms with E-state index in [1.165, 1.54) is 0 Å². The number of likely N-dealkylation sites (N-methyl/N-ethyl adjacent to an activating group) is 1. The summed E-state index contributed by atoms with van der Waals surface area (Å²) in [6.45, 7) is 7.43. The van der Waals surface area contributed by atoms with Gasteiger partial charge in [-0.2, -0.15) is 0 Å². The summed E-state index contributed by atoms with van der Waals surface area (Å²) in [5.74, 6) is 1.25. The lowest BCUT2D eigenvalue weighted by atomic mass is 10.4. The highest BCUT2D eigenvalue weighted by molar-refractivity contribution is 5.81. The first kappa shape index (κ1) is 18.7. The van der Waals surface area contributed by atoms with Gasteiger partial charge in [0, 0.05) is 45.8 Å². The molecule has 1 fully saturated rings. The fourth-order valence-electron chi connectivity index (χ4n) is 1.89. The first-order chi connectivity index (χ1) is 10.7. The van der Waals surface area contributed by atoms with Gasteiger partial charge in [-0.25, -0.2) is 0 Å². The SMILES string of the molecule is CCNC(=NCCN(C)CCOC)NCCNC(=O)C1CC1. The molecule has 0 radical (unpaired) electrons. The number of nitrogens with zero attached hydrogens (tertiary/aromatic N) is 2. The smallest absolute Gasteiger partial charge is 0.223 e. The number of hydrogen-bond donors (Lipinski definition) is 3. The van der Waals surface area contributed by atoms with Gasteiger partial charge in [-0.3, -0.25) is 9.79 Å². The van der Waals surface area contributed by atoms with Gasteiger partial charge in [-0.15, -0.1) is 0 Å². The third-order valence-corrected chi connectivity index (χ3v) is 3.44. The number of carbonyl (C=O) groups excluding carboxylic acids is 1. The van der Waals surface area contributed by atoms with Gasteiger partial charge in [-0.1, -0.05) is 0 Å². The van der Waals surface area contributed by atoms with Crippen molar-refractivity contribution in [1.82, 2.24) is 20.9 Å². The number of aliphatic imine (C=N–C) groups is 1. The van der Waals surface area contributed by atoms with E-state index in [-0.39, 0.29) is 11.8 Å². The molecule has 0 bridgehead atoms. The topological polar surface area (TPSA) is 78.0 Å². The van der Waals surface area contributed by atoms with Gasteiger partial charge in [0.15, 0.2) is 5.96 Å². The van der Waals surface area contributed by atoms with E-state index in [4.69, 9.17) is 4.74 Å². The fourth-order valence-corrected chi connectivity index (χ4v) is 1.89. The maximum atomic E-state index is 11.5. The molecule has 22 heavy (non-hydrogen) atoms. The molecule has 0 aliphatic heterocycles. The molecule has 0 aromatic rings. The average Bonchev–Trinajstić information content (AvgIpc) is 3.34. The number of amides is 1. The molecule has 0 aromatic carbocycles. The van der Waals surface area contributed by atoms with Crippen LogP contribution in [0.25, 0.3) is 0 Å². The second kappa shape index (κ2) is 11.3. The minimum atomic E-state index is 0.184. The minimum absolute atomic E-state index is 0.184. The van der Waals surface area contributed by atoms with E-state index in [9.17, 15) is 4.79 Å². The lowest BCUT2D eigenvalue weighted by Gasteiger charge is -2.15. The quantitative estimate of drug-likeness (QED) is 0.276. The summed E-state index contributed by atoms with van der Waals surface area (Å²) in [5.41, 5.74) is 0. The van der Waals surface area contributed by atoms with Gasteiger partial charge in [0.1, 0.15) is 0 Å². The third kappa shape index (κ3) is 8.84. The molecule has 1 aliphatic rings. The van der Waals surface area contributed by atoms with Crippen LogP contribution in [0.2, 0.25) is 0 Å². The van der Waals surface area contributed by atoms with Gasteiger partial charge in [0.2, 0.25) is 5.91 Å². The Morgan fingerprint density at radius 1 is 1.23 bits per heavy atom. The zero-order valence-corrected chi connectivity index (χ0v) is 14.2. The van der Waals surface area contributed by atoms with Crippen molar-refractivity contribution in [3.8, 4) is 0 Å². The van der Waals surface area contributed by atoms with Crippen LogP contribution in [0.15, 0.2) is 4.99 Å². The number of rotatable bonds is 11. The van der Waals surface area contributed by atoms with E-state index in [1.54, 1.807) is 7.11 Å². The molecule has 0 saturated heterocycles. The Morgan fingerprint density at radius 3 is 2.59 bits per heavy atom. The van der Waals surface area contributed by atoms with E-state index in [0.29, 0.717) is 13.1 Å². The average molecular weight is 313 g/mol. The van der Waals surface area contributed by atoms with Crippen LogP contribution in [0.1, 0.15) is 19.8 Å². The second-order valence-corrected chi connectivity index (χ2v) is 5.55. The van der Waals surface area contributed by atoms with Crippen molar-refractivity contribution < 1.29 is 9.53 Å². The van der Waals surface area contributed by atoms with Crippen molar-refractivity contribution in [3.63, 3.8) is 0 Å². The monoisotopic (exact) mass is 313 g/mol. The largest absolute Gasteiger partial charge is 0.383 e. The third-order valence-electron chi connectivity index (χ3n) is 3.44. The van der Waals surface area contributed by atoms with Gasteiger partial charge >= 0.3 is 0 Å².